The lowest BCUT2D eigenvalue weighted by atomic mass is 10.1. The Labute approximate surface area is 142 Å². The normalized spacial score (nSPS) is 12.2. The lowest BCUT2D eigenvalue weighted by molar-refractivity contribution is -0.121. The van der Waals surface area contributed by atoms with E-state index in [1.807, 2.05) is 51.4 Å². The van der Waals surface area contributed by atoms with E-state index in [2.05, 4.69) is 10.4 Å². The first-order valence-electron chi connectivity index (χ1n) is 8.13. The number of benzene rings is 1. The summed E-state index contributed by atoms with van der Waals surface area (Å²) in [6.07, 6.45) is 4.03. The average molecular weight is 331 g/mol. The van der Waals surface area contributed by atoms with E-state index in [0.29, 0.717) is 12.8 Å². The lowest BCUT2D eigenvalue weighted by Crippen LogP contribution is -2.28. The molecular weight excluding hydrogens is 306 g/mol. The summed E-state index contributed by atoms with van der Waals surface area (Å²) in [6, 6.07) is 7.26. The lowest BCUT2D eigenvalue weighted by Gasteiger charge is -2.14. The van der Waals surface area contributed by atoms with Crippen LogP contribution >= 0.6 is 0 Å². The van der Waals surface area contributed by atoms with E-state index in [0.717, 1.165) is 16.9 Å². The van der Waals surface area contributed by atoms with Crippen molar-refractivity contribution in [3.05, 3.63) is 47.8 Å². The van der Waals surface area contributed by atoms with Crippen LogP contribution in [0.2, 0.25) is 0 Å². The van der Waals surface area contributed by atoms with Crippen LogP contribution in [-0.2, 0) is 18.3 Å². The monoisotopic (exact) mass is 331 g/mol. The molecule has 1 amide bonds. The van der Waals surface area contributed by atoms with Gasteiger partial charge in [0.25, 0.3) is 0 Å². The third-order valence-electron chi connectivity index (χ3n) is 3.53. The minimum absolute atomic E-state index is 0.0855. The number of hydrogen-bond donors (Lipinski definition) is 2. The Morgan fingerprint density at radius 2 is 2.04 bits per heavy atom. The van der Waals surface area contributed by atoms with Crippen LogP contribution in [-0.4, -0.2) is 33.4 Å². The summed E-state index contributed by atoms with van der Waals surface area (Å²) >= 11 is 0. The highest BCUT2D eigenvalue weighted by molar-refractivity contribution is 5.76. The largest absolute Gasteiger partial charge is 0.491 e. The topological polar surface area (TPSA) is 76.4 Å². The maximum atomic E-state index is 11.9. The molecule has 2 rings (SSSR count). The van der Waals surface area contributed by atoms with Gasteiger partial charge in [0, 0.05) is 26.2 Å². The van der Waals surface area contributed by atoms with Crippen LogP contribution in [0.4, 0.5) is 0 Å². The summed E-state index contributed by atoms with van der Waals surface area (Å²) in [6.45, 7) is 4.11. The molecule has 0 bridgehead atoms. The van der Waals surface area contributed by atoms with Crippen molar-refractivity contribution >= 4 is 5.91 Å². The Morgan fingerprint density at radius 3 is 2.62 bits per heavy atom. The summed E-state index contributed by atoms with van der Waals surface area (Å²) in [5.74, 6) is 0.680. The van der Waals surface area contributed by atoms with Crippen molar-refractivity contribution in [1.82, 2.24) is 15.1 Å². The molecule has 1 aromatic carbocycles. The van der Waals surface area contributed by atoms with Gasteiger partial charge in [-0.1, -0.05) is 12.1 Å². The van der Waals surface area contributed by atoms with Crippen LogP contribution < -0.4 is 10.1 Å². The fourth-order valence-electron chi connectivity index (χ4n) is 2.32. The van der Waals surface area contributed by atoms with E-state index in [9.17, 15) is 9.90 Å². The second kappa shape index (κ2) is 8.49. The van der Waals surface area contributed by atoms with E-state index in [-0.39, 0.29) is 18.6 Å². The molecular formula is C18H25N3O3. The van der Waals surface area contributed by atoms with E-state index in [1.165, 1.54) is 0 Å². The molecule has 0 aliphatic heterocycles. The Bertz CT molecular complexity index is 650. The van der Waals surface area contributed by atoms with E-state index in [1.54, 1.807) is 10.9 Å². The number of aliphatic hydroxyl groups is 1. The van der Waals surface area contributed by atoms with Gasteiger partial charge < -0.3 is 15.2 Å². The van der Waals surface area contributed by atoms with Crippen LogP contribution in [0.3, 0.4) is 0 Å². The van der Waals surface area contributed by atoms with Crippen LogP contribution in [0.5, 0.6) is 5.75 Å². The molecule has 1 aromatic heterocycles. The van der Waals surface area contributed by atoms with Gasteiger partial charge in [-0.25, -0.2) is 0 Å². The second-order valence-electron chi connectivity index (χ2n) is 6.08. The summed E-state index contributed by atoms with van der Waals surface area (Å²) in [5, 5.41) is 17.0. The van der Waals surface area contributed by atoms with Crippen molar-refractivity contribution < 1.29 is 14.6 Å². The zero-order valence-electron chi connectivity index (χ0n) is 14.4. The minimum atomic E-state index is -0.736. The van der Waals surface area contributed by atoms with Gasteiger partial charge in [0.2, 0.25) is 5.91 Å². The molecule has 2 aromatic rings. The Hall–Kier alpha value is -2.34. The molecule has 1 unspecified atom stereocenters. The van der Waals surface area contributed by atoms with E-state index in [4.69, 9.17) is 4.74 Å². The van der Waals surface area contributed by atoms with Gasteiger partial charge in [0.1, 0.15) is 5.75 Å². The van der Waals surface area contributed by atoms with Gasteiger partial charge in [-0.2, -0.15) is 5.10 Å². The quantitative estimate of drug-likeness (QED) is 0.775. The molecule has 6 nitrogen and oxygen atoms in total. The summed E-state index contributed by atoms with van der Waals surface area (Å²) < 4.78 is 7.28. The standard InChI is InChI=1S/C18H25N3O3/c1-13(2)24-16-7-5-15(6-8-16)17(22)11-19-18(23)9-4-14-10-20-21(3)12-14/h5-8,10,12-13,17,22H,4,9,11H2,1-3H3,(H,19,23). The van der Waals surface area contributed by atoms with Gasteiger partial charge in [-0.3, -0.25) is 9.48 Å². The Balaban J connectivity index is 1.75. The molecule has 0 aliphatic rings. The maximum absolute atomic E-state index is 11.9. The number of carbonyl (C=O) groups is 1. The molecule has 6 heteroatoms. The van der Waals surface area contributed by atoms with Crippen LogP contribution in [0.15, 0.2) is 36.7 Å². The number of nitrogens with zero attached hydrogens (tertiary/aromatic N) is 2. The number of amides is 1. The van der Waals surface area contributed by atoms with Crippen molar-refractivity contribution in [3.63, 3.8) is 0 Å². The highest BCUT2D eigenvalue weighted by Crippen LogP contribution is 2.18. The molecule has 0 spiro atoms. The van der Waals surface area contributed by atoms with Gasteiger partial charge in [-0.05, 0) is 43.5 Å². The van der Waals surface area contributed by atoms with Crippen LogP contribution in [0.1, 0.15) is 37.5 Å². The predicted molar refractivity (Wildman–Crippen MR) is 91.7 cm³/mol. The Morgan fingerprint density at radius 1 is 1.33 bits per heavy atom. The van der Waals surface area contributed by atoms with Crippen molar-refractivity contribution in [2.45, 2.75) is 38.9 Å². The fraction of sp³-hybridized carbons (Fsp3) is 0.444. The third kappa shape index (κ3) is 5.70. The first-order valence-corrected chi connectivity index (χ1v) is 8.13. The zero-order valence-corrected chi connectivity index (χ0v) is 14.4. The molecule has 130 valence electrons. The number of hydrogen-bond acceptors (Lipinski definition) is 4. The number of carbonyl (C=O) groups excluding carboxylic acids is 1. The van der Waals surface area contributed by atoms with Crippen molar-refractivity contribution in [1.29, 1.82) is 0 Å². The first kappa shape index (κ1) is 18.0. The van der Waals surface area contributed by atoms with Crippen LogP contribution in [0, 0.1) is 0 Å². The predicted octanol–water partition coefficient (Wildman–Crippen LogP) is 1.99. The first-order chi connectivity index (χ1) is 11.4. The number of aliphatic hydroxyl groups excluding tert-OH is 1. The number of nitrogens with one attached hydrogen (secondary N) is 1. The van der Waals surface area contributed by atoms with E-state index < -0.39 is 6.10 Å². The number of ether oxygens (including phenoxy) is 1. The van der Waals surface area contributed by atoms with Gasteiger partial charge in [0.05, 0.1) is 18.4 Å². The molecule has 0 fully saturated rings. The van der Waals surface area contributed by atoms with E-state index >= 15 is 0 Å². The highest BCUT2D eigenvalue weighted by Gasteiger charge is 2.10. The molecule has 24 heavy (non-hydrogen) atoms. The molecule has 0 aliphatic carbocycles. The second-order valence-corrected chi connectivity index (χ2v) is 6.08. The molecule has 0 radical (unpaired) electrons. The van der Waals surface area contributed by atoms with Crippen LogP contribution in [0.25, 0.3) is 0 Å². The number of aromatic nitrogens is 2. The molecule has 0 saturated carbocycles. The molecule has 1 heterocycles. The average Bonchev–Trinajstić information content (AvgIpc) is 2.96. The molecule has 2 N–H and O–H groups in total. The van der Waals surface area contributed by atoms with Crippen molar-refractivity contribution in [3.8, 4) is 5.75 Å². The third-order valence-corrected chi connectivity index (χ3v) is 3.53. The van der Waals surface area contributed by atoms with Crippen molar-refractivity contribution in [2.24, 2.45) is 7.05 Å². The zero-order chi connectivity index (χ0) is 17.5. The van der Waals surface area contributed by atoms with Gasteiger partial charge in [-0.15, -0.1) is 0 Å². The molecule has 1 atom stereocenters. The number of aryl methyl sites for hydroxylation is 2. The fourth-order valence-corrected chi connectivity index (χ4v) is 2.32. The maximum Gasteiger partial charge on any atom is 0.220 e. The number of rotatable bonds is 8. The summed E-state index contributed by atoms with van der Waals surface area (Å²) in [5.41, 5.74) is 1.77. The van der Waals surface area contributed by atoms with Gasteiger partial charge >= 0.3 is 0 Å². The smallest absolute Gasteiger partial charge is 0.220 e. The Kier molecular flexibility index (Phi) is 6.37. The minimum Gasteiger partial charge on any atom is -0.491 e. The van der Waals surface area contributed by atoms with Gasteiger partial charge in [0.15, 0.2) is 0 Å². The highest BCUT2D eigenvalue weighted by atomic mass is 16.5. The summed E-state index contributed by atoms with van der Waals surface area (Å²) in [4.78, 5) is 11.9. The SMILES string of the molecule is CC(C)Oc1ccc(C(O)CNC(=O)CCc2cnn(C)c2)cc1. The summed E-state index contributed by atoms with van der Waals surface area (Å²) in [7, 11) is 1.84. The van der Waals surface area contributed by atoms with Crippen molar-refractivity contribution in [2.75, 3.05) is 6.54 Å². The molecule has 0 saturated heterocycles.